The van der Waals surface area contributed by atoms with Gasteiger partial charge in [-0.2, -0.15) is 0 Å². The summed E-state index contributed by atoms with van der Waals surface area (Å²) in [7, 11) is 0. The summed E-state index contributed by atoms with van der Waals surface area (Å²) in [6.45, 7) is 3.02. The average molecular weight is 318 g/mol. The molecular formula is C16H19FN4O2. The molecule has 0 radical (unpaired) electrons. The van der Waals surface area contributed by atoms with Gasteiger partial charge in [0.1, 0.15) is 18.1 Å². The van der Waals surface area contributed by atoms with Gasteiger partial charge in [-0.15, -0.1) is 0 Å². The van der Waals surface area contributed by atoms with E-state index in [4.69, 9.17) is 4.42 Å². The first-order valence-corrected chi connectivity index (χ1v) is 7.27. The molecule has 0 fully saturated rings. The van der Waals surface area contributed by atoms with Crippen LogP contribution in [0, 0.1) is 5.82 Å². The number of carbonyl (C=O) groups excluding carboxylic acids is 1. The second-order valence-corrected chi connectivity index (χ2v) is 4.68. The van der Waals surface area contributed by atoms with Gasteiger partial charge in [0.05, 0.1) is 12.8 Å². The van der Waals surface area contributed by atoms with Crippen LogP contribution in [0.15, 0.2) is 52.1 Å². The molecule has 3 N–H and O–H groups in total. The number of anilines is 1. The maximum absolute atomic E-state index is 12.8. The van der Waals surface area contributed by atoms with Crippen molar-refractivity contribution in [2.24, 2.45) is 4.99 Å². The van der Waals surface area contributed by atoms with Crippen LogP contribution in [0.1, 0.15) is 12.7 Å². The molecule has 0 unspecified atom stereocenters. The van der Waals surface area contributed by atoms with Gasteiger partial charge in [0.15, 0.2) is 5.96 Å². The van der Waals surface area contributed by atoms with Gasteiger partial charge in [-0.25, -0.2) is 9.38 Å². The normalized spacial score (nSPS) is 11.1. The molecule has 0 aliphatic rings. The third-order valence-corrected chi connectivity index (χ3v) is 2.86. The molecule has 0 spiro atoms. The molecule has 0 aliphatic heterocycles. The van der Waals surface area contributed by atoms with Gasteiger partial charge in [0.2, 0.25) is 5.91 Å². The molecule has 0 aliphatic carbocycles. The summed E-state index contributed by atoms with van der Waals surface area (Å²) in [5.41, 5.74) is 0.528. The third-order valence-electron chi connectivity index (χ3n) is 2.86. The van der Waals surface area contributed by atoms with Gasteiger partial charge in [-0.05, 0) is 43.3 Å². The van der Waals surface area contributed by atoms with Crippen LogP contribution in [0.5, 0.6) is 0 Å². The molecule has 2 rings (SSSR count). The number of nitrogens with zero attached hydrogens (tertiary/aromatic N) is 1. The Hall–Kier alpha value is -2.83. The molecule has 1 aromatic carbocycles. The van der Waals surface area contributed by atoms with Crippen molar-refractivity contribution in [3.63, 3.8) is 0 Å². The topological polar surface area (TPSA) is 78.7 Å². The van der Waals surface area contributed by atoms with E-state index in [1.165, 1.54) is 24.3 Å². The molecule has 1 heterocycles. The Bertz CT molecular complexity index is 639. The summed E-state index contributed by atoms with van der Waals surface area (Å²) in [4.78, 5) is 16.0. The van der Waals surface area contributed by atoms with Gasteiger partial charge in [0, 0.05) is 12.2 Å². The molecule has 0 atom stereocenters. The number of carbonyl (C=O) groups is 1. The highest BCUT2D eigenvalue weighted by Gasteiger charge is 2.04. The summed E-state index contributed by atoms with van der Waals surface area (Å²) < 4.78 is 18.0. The smallest absolute Gasteiger partial charge is 0.246 e. The van der Waals surface area contributed by atoms with Gasteiger partial charge in [-0.3, -0.25) is 4.79 Å². The van der Waals surface area contributed by atoms with Crippen LogP contribution in [0.3, 0.4) is 0 Å². The van der Waals surface area contributed by atoms with Gasteiger partial charge in [0.25, 0.3) is 0 Å². The monoisotopic (exact) mass is 318 g/mol. The number of halogens is 1. The average Bonchev–Trinajstić information content (AvgIpc) is 3.06. The molecule has 0 saturated carbocycles. The van der Waals surface area contributed by atoms with Crippen LogP contribution in [0.4, 0.5) is 10.1 Å². The Kier molecular flexibility index (Phi) is 6.17. The predicted octanol–water partition coefficient (Wildman–Crippen LogP) is 2.11. The van der Waals surface area contributed by atoms with E-state index in [0.717, 1.165) is 5.76 Å². The number of furan rings is 1. The van der Waals surface area contributed by atoms with Crippen molar-refractivity contribution in [2.75, 3.05) is 18.4 Å². The van der Waals surface area contributed by atoms with Gasteiger partial charge in [-0.1, -0.05) is 0 Å². The summed E-state index contributed by atoms with van der Waals surface area (Å²) in [5, 5.41) is 8.75. The van der Waals surface area contributed by atoms with Crippen molar-refractivity contribution in [1.82, 2.24) is 10.6 Å². The number of guanidine groups is 1. The second kappa shape index (κ2) is 8.57. The van der Waals surface area contributed by atoms with Gasteiger partial charge < -0.3 is 20.4 Å². The third kappa shape index (κ3) is 5.82. The molecule has 6 nitrogen and oxygen atoms in total. The summed E-state index contributed by atoms with van der Waals surface area (Å²) in [5.74, 6) is 0.647. The van der Waals surface area contributed by atoms with E-state index in [1.54, 1.807) is 12.3 Å². The molecule has 1 amide bonds. The molecule has 0 saturated heterocycles. The Labute approximate surface area is 133 Å². The summed E-state index contributed by atoms with van der Waals surface area (Å²) in [6, 6.07) is 9.21. The first kappa shape index (κ1) is 16.5. The fourth-order valence-corrected chi connectivity index (χ4v) is 1.81. The number of hydrogen-bond donors (Lipinski definition) is 3. The minimum Gasteiger partial charge on any atom is -0.467 e. The summed E-state index contributed by atoms with van der Waals surface area (Å²) in [6.07, 6.45) is 1.59. The lowest BCUT2D eigenvalue weighted by molar-refractivity contribution is -0.114. The van der Waals surface area contributed by atoms with E-state index in [9.17, 15) is 9.18 Å². The largest absolute Gasteiger partial charge is 0.467 e. The van der Waals surface area contributed by atoms with E-state index < -0.39 is 0 Å². The van der Waals surface area contributed by atoms with Crippen LogP contribution in [0.25, 0.3) is 0 Å². The van der Waals surface area contributed by atoms with Crippen molar-refractivity contribution in [3.8, 4) is 0 Å². The van der Waals surface area contributed by atoms with E-state index in [1.807, 2.05) is 13.0 Å². The second-order valence-electron chi connectivity index (χ2n) is 4.68. The molecule has 1 aromatic heterocycles. The zero-order valence-electron chi connectivity index (χ0n) is 12.8. The van der Waals surface area contributed by atoms with Crippen molar-refractivity contribution in [2.45, 2.75) is 13.5 Å². The predicted molar refractivity (Wildman–Crippen MR) is 86.6 cm³/mol. The fraction of sp³-hybridized carbons (Fsp3) is 0.250. The maximum Gasteiger partial charge on any atom is 0.246 e. The van der Waals surface area contributed by atoms with Crippen molar-refractivity contribution < 1.29 is 13.6 Å². The SMILES string of the molecule is CCNC(=NCC(=O)Nc1ccc(F)cc1)NCc1ccco1. The number of aliphatic imine (C=N–C) groups is 1. The summed E-state index contributed by atoms with van der Waals surface area (Å²) >= 11 is 0. The standard InChI is InChI=1S/C16H19FN4O2/c1-2-18-16(19-10-14-4-3-9-23-14)20-11-15(22)21-13-7-5-12(17)6-8-13/h3-9H,2,10-11H2,1H3,(H,21,22)(H2,18,19,20). The van der Waals surface area contributed by atoms with Crippen LogP contribution in [-0.2, 0) is 11.3 Å². The fourth-order valence-electron chi connectivity index (χ4n) is 1.81. The van der Waals surface area contributed by atoms with E-state index in [-0.39, 0.29) is 18.3 Å². The Morgan fingerprint density at radius 3 is 2.65 bits per heavy atom. The number of nitrogens with one attached hydrogen (secondary N) is 3. The van der Waals surface area contributed by atoms with E-state index in [2.05, 4.69) is 20.9 Å². The van der Waals surface area contributed by atoms with Crippen LogP contribution < -0.4 is 16.0 Å². The zero-order chi connectivity index (χ0) is 16.5. The van der Waals surface area contributed by atoms with E-state index in [0.29, 0.717) is 24.7 Å². The molecule has 23 heavy (non-hydrogen) atoms. The molecule has 122 valence electrons. The molecule has 2 aromatic rings. The minimum atomic E-state index is -0.349. The highest BCUT2D eigenvalue weighted by molar-refractivity contribution is 5.94. The zero-order valence-corrected chi connectivity index (χ0v) is 12.8. The maximum atomic E-state index is 12.8. The van der Waals surface area contributed by atoms with Crippen molar-refractivity contribution in [3.05, 3.63) is 54.2 Å². The lowest BCUT2D eigenvalue weighted by atomic mass is 10.3. The highest BCUT2D eigenvalue weighted by Crippen LogP contribution is 2.07. The Morgan fingerprint density at radius 2 is 2.00 bits per heavy atom. The van der Waals surface area contributed by atoms with Crippen molar-refractivity contribution in [1.29, 1.82) is 0 Å². The molecule has 0 bridgehead atoms. The quantitative estimate of drug-likeness (QED) is 0.563. The molecule has 7 heteroatoms. The Balaban J connectivity index is 1.85. The van der Waals surface area contributed by atoms with Crippen LogP contribution in [0.2, 0.25) is 0 Å². The number of rotatable bonds is 6. The van der Waals surface area contributed by atoms with Gasteiger partial charge >= 0.3 is 0 Å². The first-order chi connectivity index (χ1) is 11.2. The van der Waals surface area contributed by atoms with Crippen LogP contribution >= 0.6 is 0 Å². The lowest BCUT2D eigenvalue weighted by Crippen LogP contribution is -2.37. The highest BCUT2D eigenvalue weighted by atomic mass is 19.1. The number of benzene rings is 1. The minimum absolute atomic E-state index is 0.0507. The number of amides is 1. The molecular weight excluding hydrogens is 299 g/mol. The first-order valence-electron chi connectivity index (χ1n) is 7.27. The Morgan fingerprint density at radius 1 is 1.22 bits per heavy atom. The van der Waals surface area contributed by atoms with Crippen LogP contribution in [-0.4, -0.2) is 25.0 Å². The van der Waals surface area contributed by atoms with E-state index >= 15 is 0 Å². The van der Waals surface area contributed by atoms with Crippen molar-refractivity contribution >= 4 is 17.6 Å². The number of hydrogen-bond acceptors (Lipinski definition) is 3. The lowest BCUT2D eigenvalue weighted by Gasteiger charge is -2.10.